The fourth-order valence-electron chi connectivity index (χ4n) is 1.81. The minimum absolute atomic E-state index is 0. The summed E-state index contributed by atoms with van der Waals surface area (Å²) in [7, 11) is 1.80. The van der Waals surface area contributed by atoms with Gasteiger partial charge in [0.05, 0.1) is 18.1 Å². The van der Waals surface area contributed by atoms with Gasteiger partial charge in [-0.15, -0.1) is 0 Å². The maximum absolute atomic E-state index is 13.5. The van der Waals surface area contributed by atoms with Crippen LogP contribution in [-0.2, 0) is 0 Å². The van der Waals surface area contributed by atoms with Crippen molar-refractivity contribution in [3.63, 3.8) is 0 Å². The summed E-state index contributed by atoms with van der Waals surface area (Å²) in [4.78, 5) is 29.3. The number of hydrogen-bond acceptors (Lipinski definition) is 6. The molecular weight excluding hydrogens is 311 g/mol. The van der Waals surface area contributed by atoms with E-state index in [0.29, 0.717) is 5.69 Å². The van der Waals surface area contributed by atoms with Gasteiger partial charge in [-0.1, -0.05) is 6.58 Å². The Bertz CT molecular complexity index is 796. The summed E-state index contributed by atoms with van der Waals surface area (Å²) in [5.74, 6) is -1.71. The lowest BCUT2D eigenvalue weighted by molar-refractivity contribution is 0.0959. The number of carbonyl (C=O) groups is 1. The zero-order valence-electron chi connectivity index (χ0n) is 13.0. The van der Waals surface area contributed by atoms with E-state index in [1.54, 1.807) is 36.5 Å². The highest BCUT2D eigenvalue weighted by Crippen LogP contribution is 2.22. The van der Waals surface area contributed by atoms with E-state index in [-0.39, 0.29) is 12.9 Å². The van der Waals surface area contributed by atoms with Crippen LogP contribution in [0.1, 0.15) is 11.9 Å². The van der Waals surface area contributed by atoms with Gasteiger partial charge in [-0.3, -0.25) is 9.78 Å². The molecule has 0 aliphatic carbocycles. The van der Waals surface area contributed by atoms with Gasteiger partial charge in [0.25, 0.3) is 5.91 Å². The van der Waals surface area contributed by atoms with Crippen molar-refractivity contribution in [2.24, 2.45) is 4.99 Å². The SMILES string of the molecule is C=C/C(F)=C(\N=C)NC(=O)c1cc(N(C)c2cncnc2)ccn1.[HH]. The Balaban J connectivity index is 0.00000312. The number of anilines is 2. The summed E-state index contributed by atoms with van der Waals surface area (Å²) >= 11 is 0. The van der Waals surface area contributed by atoms with Gasteiger partial charge in [0, 0.05) is 20.4 Å². The lowest BCUT2D eigenvalue weighted by Crippen LogP contribution is -2.24. The van der Waals surface area contributed by atoms with Crippen molar-refractivity contribution in [2.75, 3.05) is 11.9 Å². The predicted octanol–water partition coefficient (Wildman–Crippen LogP) is 2.64. The molecular formula is C16H17FN6O. The molecule has 0 spiro atoms. The Morgan fingerprint density at radius 3 is 2.75 bits per heavy atom. The van der Waals surface area contributed by atoms with Gasteiger partial charge < -0.3 is 10.2 Å². The normalized spacial score (nSPS) is 11.2. The number of allylic oxidation sites excluding steroid dienone is 2. The maximum atomic E-state index is 13.5. The van der Waals surface area contributed by atoms with Crippen LogP contribution in [0.15, 0.2) is 66.3 Å². The maximum Gasteiger partial charge on any atom is 0.275 e. The molecule has 24 heavy (non-hydrogen) atoms. The van der Waals surface area contributed by atoms with Gasteiger partial charge in [-0.25, -0.2) is 19.4 Å². The minimum Gasteiger partial charge on any atom is -0.342 e. The van der Waals surface area contributed by atoms with Crippen molar-refractivity contribution in [1.29, 1.82) is 0 Å². The number of nitrogens with zero attached hydrogens (tertiary/aromatic N) is 5. The summed E-state index contributed by atoms with van der Waals surface area (Å²) in [5.41, 5.74) is 1.52. The molecule has 0 unspecified atom stereocenters. The predicted molar refractivity (Wildman–Crippen MR) is 91.8 cm³/mol. The molecule has 1 amide bonds. The third kappa shape index (κ3) is 3.86. The van der Waals surface area contributed by atoms with Crippen LogP contribution in [-0.4, -0.2) is 34.6 Å². The molecule has 7 nitrogen and oxygen atoms in total. The molecule has 0 aromatic carbocycles. The number of pyridine rings is 1. The number of aromatic nitrogens is 3. The van der Waals surface area contributed by atoms with Gasteiger partial charge in [0.2, 0.25) is 0 Å². The second-order valence-electron chi connectivity index (χ2n) is 4.57. The van der Waals surface area contributed by atoms with Crippen LogP contribution >= 0.6 is 0 Å². The van der Waals surface area contributed by atoms with Crippen molar-refractivity contribution in [2.45, 2.75) is 0 Å². The van der Waals surface area contributed by atoms with Gasteiger partial charge in [-0.05, 0) is 24.9 Å². The Morgan fingerprint density at radius 1 is 1.42 bits per heavy atom. The van der Waals surface area contributed by atoms with Gasteiger partial charge in [0.1, 0.15) is 12.0 Å². The summed E-state index contributed by atoms with van der Waals surface area (Å²) in [6.45, 7) is 6.48. The molecule has 2 aromatic heterocycles. The van der Waals surface area contributed by atoms with E-state index in [1.165, 1.54) is 12.5 Å². The number of amides is 1. The van der Waals surface area contributed by atoms with Crippen LogP contribution in [0.4, 0.5) is 15.8 Å². The van der Waals surface area contributed by atoms with Crippen molar-refractivity contribution in [1.82, 2.24) is 20.3 Å². The number of halogens is 1. The van der Waals surface area contributed by atoms with Crippen molar-refractivity contribution < 1.29 is 10.6 Å². The molecule has 2 heterocycles. The van der Waals surface area contributed by atoms with Crippen molar-refractivity contribution in [3.8, 4) is 0 Å². The van der Waals surface area contributed by atoms with Gasteiger partial charge >= 0.3 is 0 Å². The molecule has 8 heteroatoms. The van der Waals surface area contributed by atoms with E-state index in [2.05, 4.69) is 38.6 Å². The highest BCUT2D eigenvalue weighted by atomic mass is 19.1. The average Bonchev–Trinajstić information content (AvgIpc) is 2.65. The van der Waals surface area contributed by atoms with E-state index in [9.17, 15) is 9.18 Å². The number of rotatable bonds is 6. The Labute approximate surface area is 139 Å². The molecule has 2 rings (SSSR count). The lowest BCUT2D eigenvalue weighted by Gasteiger charge is -2.18. The Morgan fingerprint density at radius 2 is 2.12 bits per heavy atom. The number of hydrogen-bond donors (Lipinski definition) is 1. The summed E-state index contributed by atoms with van der Waals surface area (Å²) < 4.78 is 13.5. The zero-order valence-corrected chi connectivity index (χ0v) is 13.0. The fraction of sp³-hybridized carbons (Fsp3) is 0.0625. The highest BCUT2D eigenvalue weighted by Gasteiger charge is 2.13. The average molecular weight is 328 g/mol. The quantitative estimate of drug-likeness (QED) is 0.651. The largest absolute Gasteiger partial charge is 0.342 e. The molecule has 0 aliphatic rings. The van der Waals surface area contributed by atoms with Gasteiger partial charge in [0.15, 0.2) is 11.6 Å². The Kier molecular flexibility index (Phi) is 5.45. The molecule has 0 saturated carbocycles. The lowest BCUT2D eigenvalue weighted by atomic mass is 10.2. The molecule has 0 fully saturated rings. The molecule has 0 atom stereocenters. The molecule has 1 N–H and O–H groups in total. The summed E-state index contributed by atoms with van der Waals surface area (Å²) in [6, 6.07) is 3.27. The number of carbonyl (C=O) groups excluding carboxylic acids is 1. The first-order chi connectivity index (χ1) is 11.6. The number of aliphatic imine (C=N–C) groups is 1. The van der Waals surface area contributed by atoms with E-state index < -0.39 is 11.7 Å². The molecule has 0 aliphatic heterocycles. The van der Waals surface area contributed by atoms with E-state index in [0.717, 1.165) is 11.8 Å². The van der Waals surface area contributed by atoms with E-state index in [4.69, 9.17) is 0 Å². The third-order valence-electron chi connectivity index (χ3n) is 3.09. The van der Waals surface area contributed by atoms with Crippen molar-refractivity contribution in [3.05, 3.63) is 67.0 Å². The summed E-state index contributed by atoms with van der Waals surface area (Å²) in [6.07, 6.45) is 7.09. The van der Waals surface area contributed by atoms with Crippen LogP contribution in [0, 0.1) is 0 Å². The van der Waals surface area contributed by atoms with Crippen LogP contribution < -0.4 is 10.2 Å². The first-order valence-corrected chi connectivity index (χ1v) is 6.82. The first kappa shape index (κ1) is 16.9. The van der Waals surface area contributed by atoms with Gasteiger partial charge in [-0.2, -0.15) is 0 Å². The third-order valence-corrected chi connectivity index (χ3v) is 3.09. The van der Waals surface area contributed by atoms with Crippen LogP contribution in [0.5, 0.6) is 0 Å². The fourth-order valence-corrected chi connectivity index (χ4v) is 1.81. The monoisotopic (exact) mass is 328 g/mol. The molecule has 124 valence electrons. The smallest absolute Gasteiger partial charge is 0.275 e. The molecule has 0 bridgehead atoms. The van der Waals surface area contributed by atoms with E-state index >= 15 is 0 Å². The van der Waals surface area contributed by atoms with E-state index in [1.807, 2.05) is 0 Å². The summed E-state index contributed by atoms with van der Waals surface area (Å²) in [5, 5.41) is 2.30. The first-order valence-electron chi connectivity index (χ1n) is 6.82. The minimum atomic E-state index is -0.784. The Hall–Kier alpha value is -3.42. The zero-order chi connectivity index (χ0) is 17.5. The second-order valence-corrected chi connectivity index (χ2v) is 4.57. The van der Waals surface area contributed by atoms with Crippen molar-refractivity contribution >= 4 is 24.0 Å². The second kappa shape index (κ2) is 7.73. The van der Waals surface area contributed by atoms with Crippen LogP contribution in [0.2, 0.25) is 0 Å². The standard InChI is InChI=1S/C16H15FN6O.H2/c1-4-13(17)15(18-2)22-16(24)14-7-11(5-6-21-14)23(3)12-8-19-10-20-9-12;/h4-10H,1-2H2,3H3,(H,22,24);1H/b15-13-;. The number of nitrogens with one attached hydrogen (secondary N) is 1. The molecule has 0 radical (unpaired) electrons. The molecule has 2 aromatic rings. The van der Waals surface area contributed by atoms with Crippen LogP contribution in [0.25, 0.3) is 0 Å². The van der Waals surface area contributed by atoms with Crippen LogP contribution in [0.3, 0.4) is 0 Å². The topological polar surface area (TPSA) is 83.4 Å². The molecule has 0 saturated heterocycles. The highest BCUT2D eigenvalue weighted by molar-refractivity contribution is 5.94.